The summed E-state index contributed by atoms with van der Waals surface area (Å²) >= 11 is 10.1. The molecule has 1 aliphatic rings. The molecule has 0 aliphatic heterocycles. The van der Waals surface area contributed by atoms with Crippen LogP contribution in [-0.4, -0.2) is 17.3 Å². The van der Waals surface area contributed by atoms with Gasteiger partial charge in [0.25, 0.3) is 0 Å². The standard InChI is InChI=1S/C24H15Br3O3/c25-16-7-1-4-13(10-16)22(28)19-20(23(29)14-5-2-8-17(26)11-14)21(19)24(30)15-6-3-9-18(27)12-15/h1-12,19-21H. The average Bonchev–Trinajstić information content (AvgIpc) is 3.47. The third kappa shape index (κ3) is 4.27. The third-order valence-corrected chi connectivity index (χ3v) is 6.74. The lowest BCUT2D eigenvalue weighted by Gasteiger charge is -2.02. The molecule has 1 saturated carbocycles. The van der Waals surface area contributed by atoms with Gasteiger partial charge in [-0.25, -0.2) is 0 Å². The maximum atomic E-state index is 13.2. The minimum atomic E-state index is -0.669. The first-order chi connectivity index (χ1) is 14.4. The lowest BCUT2D eigenvalue weighted by atomic mass is 10.0. The Hall–Kier alpha value is -1.89. The summed E-state index contributed by atoms with van der Waals surface area (Å²) in [4.78, 5) is 39.7. The highest BCUT2D eigenvalue weighted by atomic mass is 79.9. The van der Waals surface area contributed by atoms with Crippen LogP contribution in [0.25, 0.3) is 0 Å². The Labute approximate surface area is 199 Å². The maximum absolute atomic E-state index is 13.2. The van der Waals surface area contributed by atoms with Gasteiger partial charge in [0.15, 0.2) is 17.3 Å². The summed E-state index contributed by atoms with van der Waals surface area (Å²) in [6.07, 6.45) is 0. The second-order valence-electron chi connectivity index (χ2n) is 7.20. The molecule has 0 atom stereocenters. The Balaban J connectivity index is 1.70. The fourth-order valence-corrected chi connectivity index (χ4v) is 4.99. The first-order valence-electron chi connectivity index (χ1n) is 9.26. The summed E-state index contributed by atoms with van der Waals surface area (Å²) in [7, 11) is 0. The largest absolute Gasteiger partial charge is 0.294 e. The molecule has 150 valence electrons. The molecule has 3 aromatic rings. The van der Waals surface area contributed by atoms with Crippen LogP contribution in [0.15, 0.2) is 86.2 Å². The summed E-state index contributed by atoms with van der Waals surface area (Å²) in [5.41, 5.74) is 1.47. The number of halogens is 3. The van der Waals surface area contributed by atoms with Crippen molar-refractivity contribution >= 4 is 65.1 Å². The summed E-state index contributed by atoms with van der Waals surface area (Å²) in [5.74, 6) is -2.55. The van der Waals surface area contributed by atoms with Crippen LogP contribution in [-0.2, 0) is 0 Å². The molecule has 0 radical (unpaired) electrons. The molecule has 0 unspecified atom stereocenters. The van der Waals surface area contributed by atoms with E-state index in [1.54, 1.807) is 54.6 Å². The van der Waals surface area contributed by atoms with Crippen LogP contribution in [0.4, 0.5) is 0 Å². The van der Waals surface area contributed by atoms with Gasteiger partial charge in [0.05, 0.1) is 0 Å². The number of benzene rings is 3. The van der Waals surface area contributed by atoms with E-state index in [4.69, 9.17) is 0 Å². The van der Waals surface area contributed by atoms with Gasteiger partial charge in [0.1, 0.15) is 0 Å². The van der Waals surface area contributed by atoms with Crippen molar-refractivity contribution in [3.05, 3.63) is 103 Å². The van der Waals surface area contributed by atoms with Crippen LogP contribution < -0.4 is 0 Å². The minimum absolute atomic E-state index is 0.182. The van der Waals surface area contributed by atoms with Crippen molar-refractivity contribution in [2.24, 2.45) is 17.8 Å². The van der Waals surface area contributed by atoms with E-state index in [2.05, 4.69) is 47.8 Å². The highest BCUT2D eigenvalue weighted by Gasteiger charge is 2.62. The van der Waals surface area contributed by atoms with E-state index in [0.29, 0.717) is 16.7 Å². The van der Waals surface area contributed by atoms with Crippen molar-refractivity contribution in [1.82, 2.24) is 0 Å². The molecule has 0 spiro atoms. The van der Waals surface area contributed by atoms with Crippen molar-refractivity contribution in [2.45, 2.75) is 0 Å². The van der Waals surface area contributed by atoms with Crippen LogP contribution in [0.2, 0.25) is 0 Å². The fourth-order valence-electron chi connectivity index (χ4n) is 3.79. The summed E-state index contributed by atoms with van der Waals surface area (Å²) < 4.78 is 2.33. The van der Waals surface area contributed by atoms with Gasteiger partial charge < -0.3 is 0 Å². The molecule has 0 N–H and O–H groups in total. The van der Waals surface area contributed by atoms with Crippen molar-refractivity contribution in [3.8, 4) is 0 Å². The molecular formula is C24H15Br3O3. The van der Waals surface area contributed by atoms with E-state index in [1.165, 1.54) is 0 Å². The molecule has 6 heteroatoms. The van der Waals surface area contributed by atoms with E-state index in [1.807, 2.05) is 18.2 Å². The predicted molar refractivity (Wildman–Crippen MR) is 126 cm³/mol. The molecule has 4 rings (SSSR count). The number of carbonyl (C=O) groups excluding carboxylic acids is 3. The van der Waals surface area contributed by atoms with Gasteiger partial charge in [0, 0.05) is 47.9 Å². The SMILES string of the molecule is O=C(c1cccc(Br)c1)C1C(C(=O)c2cccc(Br)c2)C1C(=O)c1cccc(Br)c1. The summed E-state index contributed by atoms with van der Waals surface area (Å²) in [6, 6.07) is 21.1. The van der Waals surface area contributed by atoms with Gasteiger partial charge in [0.2, 0.25) is 0 Å². The van der Waals surface area contributed by atoms with Crippen molar-refractivity contribution < 1.29 is 14.4 Å². The second kappa shape index (κ2) is 8.69. The lowest BCUT2D eigenvalue weighted by Crippen LogP contribution is -2.09. The molecule has 0 amide bonds. The van der Waals surface area contributed by atoms with E-state index < -0.39 is 17.8 Å². The first kappa shape index (κ1) is 21.3. The zero-order valence-electron chi connectivity index (χ0n) is 15.5. The van der Waals surface area contributed by atoms with Gasteiger partial charge in [-0.1, -0.05) is 84.2 Å². The van der Waals surface area contributed by atoms with E-state index >= 15 is 0 Å². The van der Waals surface area contributed by atoms with Crippen molar-refractivity contribution in [1.29, 1.82) is 0 Å². The van der Waals surface area contributed by atoms with Crippen LogP contribution in [0, 0.1) is 17.8 Å². The quantitative estimate of drug-likeness (QED) is 0.297. The van der Waals surface area contributed by atoms with Gasteiger partial charge in [-0.05, 0) is 36.4 Å². The Kier molecular flexibility index (Phi) is 6.19. The van der Waals surface area contributed by atoms with Crippen LogP contribution in [0.5, 0.6) is 0 Å². The highest BCUT2D eigenvalue weighted by molar-refractivity contribution is 9.11. The van der Waals surface area contributed by atoms with Crippen LogP contribution in [0.1, 0.15) is 31.1 Å². The van der Waals surface area contributed by atoms with E-state index in [-0.39, 0.29) is 17.3 Å². The molecular weight excluding hydrogens is 576 g/mol. The molecule has 0 aromatic heterocycles. The van der Waals surface area contributed by atoms with Gasteiger partial charge in [-0.3, -0.25) is 14.4 Å². The second-order valence-corrected chi connectivity index (χ2v) is 9.95. The topological polar surface area (TPSA) is 51.2 Å². The Morgan fingerprint density at radius 2 is 0.767 bits per heavy atom. The number of hydrogen-bond donors (Lipinski definition) is 0. The van der Waals surface area contributed by atoms with E-state index in [9.17, 15) is 14.4 Å². The zero-order valence-corrected chi connectivity index (χ0v) is 20.3. The molecule has 1 fully saturated rings. The maximum Gasteiger partial charge on any atom is 0.167 e. The smallest absolute Gasteiger partial charge is 0.167 e. The summed E-state index contributed by atoms with van der Waals surface area (Å²) in [5, 5.41) is 0. The summed E-state index contributed by atoms with van der Waals surface area (Å²) in [6.45, 7) is 0. The monoisotopic (exact) mass is 588 g/mol. The molecule has 0 bridgehead atoms. The average molecular weight is 591 g/mol. The number of ketones is 3. The van der Waals surface area contributed by atoms with E-state index in [0.717, 1.165) is 13.4 Å². The van der Waals surface area contributed by atoms with Gasteiger partial charge in [-0.15, -0.1) is 0 Å². The number of rotatable bonds is 6. The molecule has 3 nitrogen and oxygen atoms in total. The van der Waals surface area contributed by atoms with Crippen molar-refractivity contribution in [3.63, 3.8) is 0 Å². The minimum Gasteiger partial charge on any atom is -0.294 e. The molecule has 3 aromatic carbocycles. The third-order valence-electron chi connectivity index (χ3n) is 5.26. The Bertz CT molecular complexity index is 1020. The van der Waals surface area contributed by atoms with Crippen LogP contribution in [0.3, 0.4) is 0 Å². The van der Waals surface area contributed by atoms with Crippen molar-refractivity contribution in [2.75, 3.05) is 0 Å². The Morgan fingerprint density at radius 1 is 0.500 bits per heavy atom. The number of carbonyl (C=O) groups is 3. The Morgan fingerprint density at radius 3 is 1.00 bits per heavy atom. The molecule has 1 aliphatic carbocycles. The molecule has 0 saturated heterocycles. The van der Waals surface area contributed by atoms with Gasteiger partial charge in [-0.2, -0.15) is 0 Å². The molecule has 0 heterocycles. The predicted octanol–water partition coefficient (Wildman–Crippen LogP) is 6.78. The normalized spacial score (nSPS) is 19.9. The first-order valence-corrected chi connectivity index (χ1v) is 11.6. The zero-order chi connectivity index (χ0) is 21.4. The van der Waals surface area contributed by atoms with Gasteiger partial charge >= 0.3 is 0 Å². The lowest BCUT2D eigenvalue weighted by molar-refractivity contribution is 0.0905. The molecule has 30 heavy (non-hydrogen) atoms. The highest BCUT2D eigenvalue weighted by Crippen LogP contribution is 2.52. The van der Waals surface area contributed by atoms with Crippen LogP contribution >= 0.6 is 47.8 Å². The number of hydrogen-bond acceptors (Lipinski definition) is 3. The fraction of sp³-hybridized carbons (Fsp3) is 0.125. The number of Topliss-reactive ketones (excluding diaryl/α,β-unsaturated/α-hetero) is 3.